The van der Waals surface area contributed by atoms with Crippen molar-refractivity contribution in [2.75, 3.05) is 0 Å². The zero-order valence-electron chi connectivity index (χ0n) is 15.3. The summed E-state index contributed by atoms with van der Waals surface area (Å²) in [6.45, 7) is 2.08. The van der Waals surface area contributed by atoms with Gasteiger partial charge in [0, 0.05) is 5.92 Å². The molecule has 2 atom stereocenters. The van der Waals surface area contributed by atoms with Crippen molar-refractivity contribution in [3.63, 3.8) is 0 Å². The van der Waals surface area contributed by atoms with Gasteiger partial charge in [0.15, 0.2) is 5.78 Å². The highest BCUT2D eigenvalue weighted by molar-refractivity contribution is 7.89. The summed E-state index contributed by atoms with van der Waals surface area (Å²) in [6, 6.07) is 16.2. The quantitative estimate of drug-likeness (QED) is 0.784. The number of rotatable bonds is 5. The van der Waals surface area contributed by atoms with Gasteiger partial charge < -0.3 is 0 Å². The molecule has 0 spiro atoms. The second kappa shape index (κ2) is 6.97. The minimum Gasteiger partial charge on any atom is -0.292 e. The van der Waals surface area contributed by atoms with Crippen LogP contribution >= 0.6 is 0 Å². The second-order valence-corrected chi connectivity index (χ2v) is 9.29. The Morgan fingerprint density at radius 1 is 1.00 bits per heavy atom. The SMILES string of the molecule is Cc1ccc(S(=O)(=O)N(Cc2ccccc2)C2=C[C@@H]3CCC[C@@H]3C2=O)cc1. The van der Waals surface area contributed by atoms with Gasteiger partial charge in [-0.2, -0.15) is 0 Å². The topological polar surface area (TPSA) is 54.5 Å². The molecule has 4 nitrogen and oxygen atoms in total. The fraction of sp³-hybridized carbons (Fsp3) is 0.318. The van der Waals surface area contributed by atoms with Crippen LogP contribution < -0.4 is 0 Å². The second-order valence-electron chi connectivity index (χ2n) is 7.43. The zero-order chi connectivity index (χ0) is 19.0. The molecule has 0 aromatic heterocycles. The van der Waals surface area contributed by atoms with Crippen LogP contribution in [0.15, 0.2) is 71.3 Å². The number of sulfonamides is 1. The largest absolute Gasteiger partial charge is 0.292 e. The van der Waals surface area contributed by atoms with E-state index < -0.39 is 10.0 Å². The van der Waals surface area contributed by atoms with E-state index in [0.717, 1.165) is 30.4 Å². The van der Waals surface area contributed by atoms with Crippen LogP contribution in [0.3, 0.4) is 0 Å². The van der Waals surface area contributed by atoms with Gasteiger partial charge in [-0.05, 0) is 43.4 Å². The van der Waals surface area contributed by atoms with E-state index in [-0.39, 0.29) is 29.1 Å². The maximum Gasteiger partial charge on any atom is 0.264 e. The van der Waals surface area contributed by atoms with Crippen molar-refractivity contribution in [2.45, 2.75) is 37.6 Å². The van der Waals surface area contributed by atoms with Crippen molar-refractivity contribution in [2.24, 2.45) is 11.8 Å². The van der Waals surface area contributed by atoms with Gasteiger partial charge in [-0.1, -0.05) is 60.5 Å². The third-order valence-electron chi connectivity index (χ3n) is 5.58. The average Bonchev–Trinajstić information content (AvgIpc) is 3.24. The number of hydrogen-bond acceptors (Lipinski definition) is 3. The number of nitrogens with zero attached hydrogens (tertiary/aromatic N) is 1. The molecule has 0 N–H and O–H groups in total. The Hall–Kier alpha value is -2.40. The van der Waals surface area contributed by atoms with Gasteiger partial charge in [-0.15, -0.1) is 0 Å². The van der Waals surface area contributed by atoms with E-state index in [4.69, 9.17) is 0 Å². The summed E-state index contributed by atoms with van der Waals surface area (Å²) in [5, 5.41) is 0. The molecule has 0 aliphatic heterocycles. The Kier molecular flexibility index (Phi) is 4.64. The van der Waals surface area contributed by atoms with Crippen molar-refractivity contribution in [3.8, 4) is 0 Å². The standard InChI is InChI=1S/C22H23NO3S/c1-16-10-12-19(13-11-16)27(25,26)23(15-17-6-3-2-4-7-17)21-14-18-8-5-9-20(18)22(21)24/h2-4,6-7,10-14,18,20H,5,8-9,15H2,1H3/t18-,20-/m0/s1. The normalized spacial score (nSPS) is 21.8. The number of benzene rings is 2. The maximum absolute atomic E-state index is 13.4. The predicted molar refractivity (Wildman–Crippen MR) is 104 cm³/mol. The van der Waals surface area contributed by atoms with Gasteiger partial charge in [0.05, 0.1) is 17.1 Å². The average molecular weight is 381 g/mol. The minimum absolute atomic E-state index is 0.0240. The molecule has 2 aliphatic carbocycles. The van der Waals surface area contributed by atoms with Crippen molar-refractivity contribution in [3.05, 3.63) is 77.5 Å². The van der Waals surface area contributed by atoms with Crippen LogP contribution in [0, 0.1) is 18.8 Å². The Morgan fingerprint density at radius 2 is 1.70 bits per heavy atom. The molecular formula is C22H23NO3S. The lowest BCUT2D eigenvalue weighted by Crippen LogP contribution is -2.33. The molecule has 1 saturated carbocycles. The molecule has 0 heterocycles. The van der Waals surface area contributed by atoms with E-state index in [0.29, 0.717) is 5.70 Å². The van der Waals surface area contributed by atoms with Crippen molar-refractivity contribution in [1.82, 2.24) is 4.31 Å². The summed E-state index contributed by atoms with van der Waals surface area (Å²) in [5.41, 5.74) is 2.20. The van der Waals surface area contributed by atoms with Crippen molar-refractivity contribution < 1.29 is 13.2 Å². The Bertz CT molecular complexity index is 978. The predicted octanol–water partition coefficient (Wildman–Crippen LogP) is 4.07. The molecule has 5 heteroatoms. The molecule has 2 aromatic rings. The molecule has 27 heavy (non-hydrogen) atoms. The molecule has 2 aliphatic rings. The first-order valence-corrected chi connectivity index (χ1v) is 10.8. The van der Waals surface area contributed by atoms with Gasteiger partial charge in [-0.3, -0.25) is 9.10 Å². The monoisotopic (exact) mass is 381 g/mol. The summed E-state index contributed by atoms with van der Waals surface area (Å²) in [6.07, 6.45) is 4.75. The van der Waals surface area contributed by atoms with E-state index in [9.17, 15) is 13.2 Å². The van der Waals surface area contributed by atoms with Crippen LogP contribution in [0.25, 0.3) is 0 Å². The molecule has 2 aromatic carbocycles. The Morgan fingerprint density at radius 3 is 2.37 bits per heavy atom. The van der Waals surface area contributed by atoms with Crippen molar-refractivity contribution in [1.29, 1.82) is 0 Å². The molecule has 0 radical (unpaired) electrons. The van der Waals surface area contributed by atoms with Gasteiger partial charge in [0.2, 0.25) is 0 Å². The lowest BCUT2D eigenvalue weighted by Gasteiger charge is -2.25. The molecule has 0 saturated heterocycles. The van der Waals surface area contributed by atoms with Crippen LogP contribution in [-0.2, 0) is 21.4 Å². The van der Waals surface area contributed by atoms with Crippen LogP contribution in [0.1, 0.15) is 30.4 Å². The van der Waals surface area contributed by atoms with Crippen LogP contribution in [0.2, 0.25) is 0 Å². The highest BCUT2D eigenvalue weighted by Gasteiger charge is 2.43. The molecule has 1 fully saturated rings. The highest BCUT2D eigenvalue weighted by atomic mass is 32.2. The number of hydrogen-bond donors (Lipinski definition) is 0. The molecule has 4 rings (SSSR count). The smallest absolute Gasteiger partial charge is 0.264 e. The number of allylic oxidation sites excluding steroid dienone is 2. The Balaban J connectivity index is 1.76. The van der Waals surface area contributed by atoms with Crippen molar-refractivity contribution >= 4 is 15.8 Å². The van der Waals surface area contributed by atoms with Gasteiger partial charge >= 0.3 is 0 Å². The van der Waals surface area contributed by atoms with Crippen LogP contribution in [-0.4, -0.2) is 18.5 Å². The first-order valence-electron chi connectivity index (χ1n) is 9.36. The summed E-state index contributed by atoms with van der Waals surface area (Å²) < 4.78 is 28.2. The van der Waals surface area contributed by atoms with E-state index >= 15 is 0 Å². The first-order chi connectivity index (χ1) is 13.0. The molecular weight excluding hydrogens is 358 g/mol. The number of fused-ring (bicyclic) bond motifs is 1. The first kappa shape index (κ1) is 18.0. The maximum atomic E-state index is 13.4. The summed E-state index contributed by atoms with van der Waals surface area (Å²) >= 11 is 0. The molecule has 0 amide bonds. The third-order valence-corrected chi connectivity index (χ3v) is 7.35. The molecule has 0 bridgehead atoms. The minimum atomic E-state index is -3.82. The zero-order valence-corrected chi connectivity index (χ0v) is 16.2. The van der Waals surface area contributed by atoms with Gasteiger partial charge in [-0.25, -0.2) is 8.42 Å². The van der Waals surface area contributed by atoms with E-state index in [1.54, 1.807) is 24.3 Å². The number of ketones is 1. The number of carbonyl (C=O) groups is 1. The fourth-order valence-corrected chi connectivity index (χ4v) is 5.54. The molecule has 140 valence electrons. The van der Waals surface area contributed by atoms with Gasteiger partial charge in [0.25, 0.3) is 10.0 Å². The Labute approximate surface area is 160 Å². The lowest BCUT2D eigenvalue weighted by molar-refractivity contribution is -0.119. The lowest BCUT2D eigenvalue weighted by atomic mass is 9.99. The van der Waals surface area contributed by atoms with Gasteiger partial charge in [0.1, 0.15) is 0 Å². The summed E-state index contributed by atoms with van der Waals surface area (Å²) in [4.78, 5) is 13.2. The fourth-order valence-electron chi connectivity index (χ4n) is 4.08. The van der Waals surface area contributed by atoms with Crippen LogP contribution in [0.4, 0.5) is 0 Å². The van der Waals surface area contributed by atoms with Crippen LogP contribution in [0.5, 0.6) is 0 Å². The summed E-state index contributed by atoms with van der Waals surface area (Å²) in [7, 11) is -3.82. The molecule has 0 unspecified atom stereocenters. The number of aryl methyl sites for hydroxylation is 1. The van der Waals surface area contributed by atoms with E-state index in [1.165, 1.54) is 4.31 Å². The number of carbonyl (C=O) groups excluding carboxylic acids is 1. The number of Topliss-reactive ketones (excluding diaryl/α,β-unsaturated/α-hetero) is 1. The van der Waals surface area contributed by atoms with E-state index in [2.05, 4.69) is 0 Å². The third kappa shape index (κ3) is 3.32. The van der Waals surface area contributed by atoms with E-state index in [1.807, 2.05) is 43.3 Å². The summed E-state index contributed by atoms with van der Waals surface area (Å²) in [5.74, 6) is 0.106. The highest BCUT2D eigenvalue weighted by Crippen LogP contribution is 2.42.